The van der Waals surface area contributed by atoms with Gasteiger partial charge >= 0.3 is 11.8 Å². The molecule has 7 heteroatoms. The highest BCUT2D eigenvalue weighted by molar-refractivity contribution is 5.66. The quantitative estimate of drug-likeness (QED) is 0.436. The standard InChI is InChI=1S/C9H13N3O4/c1-6(16-8(3)13)5-11-7(2)10-4-9(11)12(14)15/h4,6H,5H2,1-3H3. The second-order valence-electron chi connectivity index (χ2n) is 3.45. The topological polar surface area (TPSA) is 87.3 Å². The van der Waals surface area contributed by atoms with Gasteiger partial charge in [0.2, 0.25) is 0 Å². The van der Waals surface area contributed by atoms with Crippen LogP contribution in [0.1, 0.15) is 19.7 Å². The zero-order valence-electron chi connectivity index (χ0n) is 9.34. The molecule has 1 aromatic rings. The number of hydrogen-bond acceptors (Lipinski definition) is 5. The molecule has 0 saturated heterocycles. The Balaban J connectivity index is 2.83. The average Bonchev–Trinajstić information content (AvgIpc) is 2.46. The van der Waals surface area contributed by atoms with Gasteiger partial charge in [-0.2, -0.15) is 0 Å². The fraction of sp³-hybridized carbons (Fsp3) is 0.556. The molecule has 1 aromatic heterocycles. The van der Waals surface area contributed by atoms with E-state index in [-0.39, 0.29) is 12.4 Å². The number of carbonyl (C=O) groups is 1. The molecule has 0 spiro atoms. The Bertz CT molecular complexity index is 413. The van der Waals surface area contributed by atoms with Crippen LogP contribution in [0.15, 0.2) is 6.20 Å². The average molecular weight is 227 g/mol. The number of nitro groups is 1. The van der Waals surface area contributed by atoms with Crippen LogP contribution >= 0.6 is 0 Å². The smallest absolute Gasteiger partial charge is 0.342 e. The van der Waals surface area contributed by atoms with E-state index in [4.69, 9.17) is 4.74 Å². The first-order chi connectivity index (χ1) is 7.41. The number of esters is 1. The highest BCUT2D eigenvalue weighted by Gasteiger charge is 2.20. The molecule has 0 N–H and O–H groups in total. The van der Waals surface area contributed by atoms with Crippen molar-refractivity contribution in [1.82, 2.24) is 9.55 Å². The predicted octanol–water partition coefficient (Wildman–Crippen LogP) is 1.05. The van der Waals surface area contributed by atoms with Crippen LogP contribution in [0.4, 0.5) is 5.82 Å². The maximum Gasteiger partial charge on any atom is 0.342 e. The second kappa shape index (κ2) is 4.73. The lowest BCUT2D eigenvalue weighted by atomic mass is 10.4. The van der Waals surface area contributed by atoms with E-state index in [1.54, 1.807) is 13.8 Å². The molecule has 0 aliphatic heterocycles. The van der Waals surface area contributed by atoms with Gasteiger partial charge < -0.3 is 14.9 Å². The van der Waals surface area contributed by atoms with Crippen LogP contribution in [0.25, 0.3) is 0 Å². The Kier molecular flexibility index (Phi) is 3.60. The summed E-state index contributed by atoms with van der Waals surface area (Å²) in [4.78, 5) is 24.7. The van der Waals surface area contributed by atoms with Gasteiger partial charge in [-0.15, -0.1) is 0 Å². The van der Waals surface area contributed by atoms with Crippen molar-refractivity contribution in [3.8, 4) is 0 Å². The molecule has 1 atom stereocenters. The Labute approximate surface area is 92.2 Å². The van der Waals surface area contributed by atoms with Gasteiger partial charge in [-0.25, -0.2) is 9.55 Å². The summed E-state index contributed by atoms with van der Waals surface area (Å²) in [6.45, 7) is 4.85. The van der Waals surface area contributed by atoms with Gasteiger partial charge in [0.15, 0.2) is 5.82 Å². The molecule has 0 fully saturated rings. The monoisotopic (exact) mass is 227 g/mol. The minimum atomic E-state index is -0.513. The van der Waals surface area contributed by atoms with Crippen molar-refractivity contribution in [2.75, 3.05) is 0 Å². The van der Waals surface area contributed by atoms with Crippen molar-refractivity contribution < 1.29 is 14.5 Å². The van der Waals surface area contributed by atoms with Gasteiger partial charge in [0.05, 0.1) is 0 Å². The number of aromatic nitrogens is 2. The van der Waals surface area contributed by atoms with E-state index < -0.39 is 17.0 Å². The molecule has 7 nitrogen and oxygen atoms in total. The molecule has 0 amide bonds. The molecule has 0 aromatic carbocycles. The van der Waals surface area contributed by atoms with Crippen LogP contribution in [0.3, 0.4) is 0 Å². The van der Waals surface area contributed by atoms with Crippen LogP contribution < -0.4 is 0 Å². The molecule has 16 heavy (non-hydrogen) atoms. The Morgan fingerprint density at radius 1 is 1.75 bits per heavy atom. The van der Waals surface area contributed by atoms with Gasteiger partial charge in [-0.3, -0.25) is 4.79 Å². The van der Waals surface area contributed by atoms with Crippen LogP contribution in [0.2, 0.25) is 0 Å². The van der Waals surface area contributed by atoms with E-state index in [2.05, 4.69) is 4.98 Å². The zero-order chi connectivity index (χ0) is 12.3. The summed E-state index contributed by atoms with van der Waals surface area (Å²) in [5.74, 6) is 0.00938. The zero-order valence-corrected chi connectivity index (χ0v) is 9.34. The third-order valence-corrected chi connectivity index (χ3v) is 2.03. The van der Waals surface area contributed by atoms with E-state index in [0.29, 0.717) is 5.82 Å². The summed E-state index contributed by atoms with van der Waals surface area (Å²) in [6.07, 6.45) is 0.764. The molecular weight excluding hydrogens is 214 g/mol. The number of aryl methyl sites for hydroxylation is 1. The highest BCUT2D eigenvalue weighted by Crippen LogP contribution is 2.14. The van der Waals surface area contributed by atoms with E-state index >= 15 is 0 Å². The van der Waals surface area contributed by atoms with Gasteiger partial charge in [0, 0.05) is 13.8 Å². The maximum atomic E-state index is 10.7. The Hall–Kier alpha value is -1.92. The van der Waals surface area contributed by atoms with Crippen molar-refractivity contribution in [1.29, 1.82) is 0 Å². The summed E-state index contributed by atoms with van der Waals surface area (Å²) in [5.41, 5.74) is 0. The maximum absolute atomic E-state index is 10.7. The van der Waals surface area contributed by atoms with Gasteiger partial charge in [-0.05, 0) is 11.8 Å². The first kappa shape index (κ1) is 12.2. The lowest BCUT2D eigenvalue weighted by Crippen LogP contribution is -2.20. The number of rotatable bonds is 4. The summed E-state index contributed by atoms with van der Waals surface area (Å²) in [7, 11) is 0. The third kappa shape index (κ3) is 2.78. The normalized spacial score (nSPS) is 12.2. The van der Waals surface area contributed by atoms with Crippen LogP contribution in [-0.2, 0) is 16.1 Å². The lowest BCUT2D eigenvalue weighted by molar-refractivity contribution is -0.392. The molecule has 0 radical (unpaired) electrons. The van der Waals surface area contributed by atoms with E-state index in [1.165, 1.54) is 17.7 Å². The molecule has 0 aliphatic carbocycles. The minimum absolute atomic E-state index is 0.100. The summed E-state index contributed by atoms with van der Waals surface area (Å²) in [6, 6.07) is 0. The van der Waals surface area contributed by atoms with Crippen molar-refractivity contribution >= 4 is 11.8 Å². The molecule has 0 aliphatic rings. The molecule has 0 bridgehead atoms. The van der Waals surface area contributed by atoms with Crippen LogP contribution in [0.5, 0.6) is 0 Å². The molecule has 1 unspecified atom stereocenters. The SMILES string of the molecule is CC(=O)OC(C)Cn1c([N+](=O)[O-])cnc1C. The molecule has 1 heterocycles. The van der Waals surface area contributed by atoms with Crippen molar-refractivity contribution in [3.05, 3.63) is 22.1 Å². The van der Waals surface area contributed by atoms with Gasteiger partial charge in [0.25, 0.3) is 0 Å². The number of imidazole rings is 1. The summed E-state index contributed by atoms with van der Waals surface area (Å²) < 4.78 is 6.31. The fourth-order valence-electron chi connectivity index (χ4n) is 1.41. The highest BCUT2D eigenvalue weighted by atomic mass is 16.6. The largest absolute Gasteiger partial charge is 0.459 e. The second-order valence-corrected chi connectivity index (χ2v) is 3.45. The fourth-order valence-corrected chi connectivity index (χ4v) is 1.41. The molecule has 88 valence electrons. The lowest BCUT2D eigenvalue weighted by Gasteiger charge is -2.10. The van der Waals surface area contributed by atoms with Crippen LogP contribution in [0, 0.1) is 17.0 Å². The van der Waals surface area contributed by atoms with Gasteiger partial charge in [0.1, 0.15) is 18.8 Å². The number of carbonyl (C=O) groups excluding carboxylic acids is 1. The van der Waals surface area contributed by atoms with Crippen molar-refractivity contribution in [3.63, 3.8) is 0 Å². The summed E-state index contributed by atoms with van der Waals surface area (Å²) >= 11 is 0. The first-order valence-electron chi connectivity index (χ1n) is 4.75. The summed E-state index contributed by atoms with van der Waals surface area (Å²) in [5, 5.41) is 10.7. The first-order valence-corrected chi connectivity index (χ1v) is 4.75. The van der Waals surface area contributed by atoms with E-state index in [9.17, 15) is 14.9 Å². The molecule has 1 rings (SSSR count). The van der Waals surface area contributed by atoms with E-state index in [0.717, 1.165) is 0 Å². The number of nitrogens with zero attached hydrogens (tertiary/aromatic N) is 3. The van der Waals surface area contributed by atoms with Crippen molar-refractivity contribution in [2.45, 2.75) is 33.4 Å². The molecule has 0 saturated carbocycles. The number of hydrogen-bond donors (Lipinski definition) is 0. The van der Waals surface area contributed by atoms with E-state index in [1.807, 2.05) is 0 Å². The minimum Gasteiger partial charge on any atom is -0.459 e. The number of ether oxygens (including phenoxy) is 1. The molecular formula is C9H13N3O4. The Morgan fingerprint density at radius 3 is 2.88 bits per heavy atom. The Morgan fingerprint density at radius 2 is 2.38 bits per heavy atom. The van der Waals surface area contributed by atoms with Crippen molar-refractivity contribution in [2.24, 2.45) is 0 Å². The predicted molar refractivity (Wildman–Crippen MR) is 54.8 cm³/mol. The third-order valence-electron chi connectivity index (χ3n) is 2.03. The van der Waals surface area contributed by atoms with Gasteiger partial charge in [-0.1, -0.05) is 0 Å². The van der Waals surface area contributed by atoms with Crippen LogP contribution in [-0.4, -0.2) is 26.5 Å².